The van der Waals surface area contributed by atoms with Gasteiger partial charge in [-0.3, -0.25) is 0 Å². The third kappa shape index (κ3) is 4.69. The second-order valence-corrected chi connectivity index (χ2v) is 7.60. The van der Waals surface area contributed by atoms with E-state index in [4.69, 9.17) is 0 Å². The van der Waals surface area contributed by atoms with Gasteiger partial charge < -0.3 is 5.32 Å². The molecule has 2 aromatic rings. The van der Waals surface area contributed by atoms with Crippen LogP contribution in [0.25, 0.3) is 0 Å². The Morgan fingerprint density at radius 2 is 2.15 bits per heavy atom. The lowest BCUT2D eigenvalue weighted by molar-refractivity contribution is 0.528. The zero-order chi connectivity index (χ0) is 14.5. The summed E-state index contributed by atoms with van der Waals surface area (Å²) in [6, 6.07) is 9.13. The molecule has 1 aromatic heterocycles. The van der Waals surface area contributed by atoms with Gasteiger partial charge in [0.2, 0.25) is 0 Å². The number of benzene rings is 1. The van der Waals surface area contributed by atoms with Gasteiger partial charge in [-0.2, -0.15) is 0 Å². The molecule has 108 valence electrons. The fourth-order valence-electron chi connectivity index (χ4n) is 2.19. The molecular weight excluding hydrogens is 332 g/mol. The molecule has 0 aliphatic carbocycles. The summed E-state index contributed by atoms with van der Waals surface area (Å²) in [5.41, 5.74) is 1.37. The van der Waals surface area contributed by atoms with E-state index < -0.39 is 0 Å². The lowest BCUT2D eigenvalue weighted by atomic mass is 9.95. The minimum Gasteiger partial charge on any atom is -0.314 e. The van der Waals surface area contributed by atoms with E-state index >= 15 is 0 Å². The van der Waals surface area contributed by atoms with Crippen LogP contribution in [0.3, 0.4) is 0 Å². The second-order valence-electron chi connectivity index (χ2n) is 5.36. The van der Waals surface area contributed by atoms with Crippen LogP contribution in [-0.2, 0) is 6.42 Å². The van der Waals surface area contributed by atoms with E-state index in [0.717, 1.165) is 22.4 Å². The first-order chi connectivity index (χ1) is 9.54. The Bertz CT molecular complexity index is 551. The molecule has 0 aliphatic rings. The molecule has 0 saturated carbocycles. The number of nitrogens with one attached hydrogen (secondary N) is 1. The average Bonchev–Trinajstić information content (AvgIpc) is 2.80. The minimum atomic E-state index is 0.481. The van der Waals surface area contributed by atoms with Gasteiger partial charge in [-0.1, -0.05) is 41.9 Å². The van der Waals surface area contributed by atoms with Gasteiger partial charge in [-0.25, -0.2) is 4.98 Å². The second kappa shape index (κ2) is 7.34. The lowest BCUT2D eigenvalue weighted by Crippen LogP contribution is -2.28. The quantitative estimate of drug-likeness (QED) is 0.825. The minimum absolute atomic E-state index is 0.481. The highest BCUT2D eigenvalue weighted by atomic mass is 79.9. The first kappa shape index (κ1) is 15.7. The van der Waals surface area contributed by atoms with Gasteiger partial charge in [-0.15, -0.1) is 11.3 Å². The fraction of sp³-hybridized carbons (Fsp3) is 0.438. The predicted molar refractivity (Wildman–Crippen MR) is 90.6 cm³/mol. The normalized spacial score (nSPS) is 12.8. The zero-order valence-corrected chi connectivity index (χ0v) is 14.6. The fourth-order valence-corrected chi connectivity index (χ4v) is 3.48. The topological polar surface area (TPSA) is 24.9 Å². The van der Waals surface area contributed by atoms with Crippen molar-refractivity contribution in [2.45, 2.75) is 39.2 Å². The summed E-state index contributed by atoms with van der Waals surface area (Å²) >= 11 is 5.37. The smallest absolute Gasteiger partial charge is 0.0896 e. The summed E-state index contributed by atoms with van der Waals surface area (Å²) in [4.78, 5) is 5.72. The molecular formula is C16H21BrN2S. The van der Waals surface area contributed by atoms with Crippen molar-refractivity contribution < 1.29 is 0 Å². The van der Waals surface area contributed by atoms with E-state index in [1.807, 2.05) is 6.20 Å². The van der Waals surface area contributed by atoms with E-state index in [1.165, 1.54) is 10.4 Å². The average molecular weight is 353 g/mol. The van der Waals surface area contributed by atoms with Crippen molar-refractivity contribution in [3.05, 3.63) is 50.4 Å². The van der Waals surface area contributed by atoms with E-state index in [0.29, 0.717) is 12.0 Å². The van der Waals surface area contributed by atoms with E-state index in [1.54, 1.807) is 11.3 Å². The van der Waals surface area contributed by atoms with Gasteiger partial charge >= 0.3 is 0 Å². The van der Waals surface area contributed by atoms with Crippen LogP contribution in [0.15, 0.2) is 34.9 Å². The largest absolute Gasteiger partial charge is 0.314 e. The number of rotatable bonds is 6. The van der Waals surface area contributed by atoms with Crippen LogP contribution in [0.4, 0.5) is 0 Å². The summed E-state index contributed by atoms with van der Waals surface area (Å²) in [7, 11) is 0. The van der Waals surface area contributed by atoms with Crippen LogP contribution >= 0.6 is 27.3 Å². The first-order valence-corrected chi connectivity index (χ1v) is 8.55. The monoisotopic (exact) mass is 352 g/mol. The van der Waals surface area contributed by atoms with Crippen molar-refractivity contribution in [3.8, 4) is 0 Å². The number of hydrogen-bond donors (Lipinski definition) is 1. The van der Waals surface area contributed by atoms with Crippen molar-refractivity contribution in [1.29, 1.82) is 0 Å². The van der Waals surface area contributed by atoms with Gasteiger partial charge in [0.1, 0.15) is 0 Å². The van der Waals surface area contributed by atoms with Crippen LogP contribution in [-0.4, -0.2) is 17.6 Å². The molecule has 4 heteroatoms. The summed E-state index contributed by atoms with van der Waals surface area (Å²) in [6.45, 7) is 7.43. The van der Waals surface area contributed by atoms with Crippen molar-refractivity contribution in [2.24, 2.45) is 0 Å². The maximum atomic E-state index is 4.36. The SMILES string of the molecule is Cc1ncc(CC(CNC(C)C)c2cccc(Br)c2)s1. The molecule has 0 aliphatic heterocycles. The van der Waals surface area contributed by atoms with Crippen molar-refractivity contribution in [3.63, 3.8) is 0 Å². The maximum Gasteiger partial charge on any atom is 0.0896 e. The van der Waals surface area contributed by atoms with Crippen molar-refractivity contribution >= 4 is 27.3 Å². The molecule has 0 fully saturated rings. The Kier molecular flexibility index (Phi) is 5.75. The number of nitrogens with zero attached hydrogens (tertiary/aromatic N) is 1. The molecule has 20 heavy (non-hydrogen) atoms. The Morgan fingerprint density at radius 1 is 1.35 bits per heavy atom. The molecule has 0 bridgehead atoms. The molecule has 1 N–H and O–H groups in total. The summed E-state index contributed by atoms with van der Waals surface area (Å²) in [6.07, 6.45) is 3.06. The Morgan fingerprint density at radius 3 is 2.75 bits per heavy atom. The molecule has 1 unspecified atom stereocenters. The van der Waals surface area contributed by atoms with E-state index in [9.17, 15) is 0 Å². The van der Waals surface area contributed by atoms with Crippen LogP contribution in [0.1, 0.15) is 35.2 Å². The summed E-state index contributed by atoms with van der Waals surface area (Å²) in [5, 5.41) is 4.70. The third-order valence-corrected chi connectivity index (χ3v) is 4.64. The third-order valence-electron chi connectivity index (χ3n) is 3.21. The van der Waals surface area contributed by atoms with Gasteiger partial charge in [0, 0.05) is 34.1 Å². The molecule has 0 saturated heterocycles. The summed E-state index contributed by atoms with van der Waals surface area (Å²) in [5.74, 6) is 0.481. The predicted octanol–water partition coefficient (Wildman–Crippen LogP) is 4.54. The van der Waals surface area contributed by atoms with Gasteiger partial charge in [-0.05, 0) is 31.0 Å². The number of hydrogen-bond acceptors (Lipinski definition) is 3. The molecule has 0 spiro atoms. The van der Waals surface area contributed by atoms with Crippen LogP contribution < -0.4 is 5.32 Å². The molecule has 1 heterocycles. The van der Waals surface area contributed by atoms with E-state index in [-0.39, 0.29) is 0 Å². The highest BCUT2D eigenvalue weighted by Crippen LogP contribution is 2.25. The number of aryl methyl sites for hydroxylation is 1. The Hall–Kier alpha value is -0.710. The molecule has 1 aromatic carbocycles. The standard InChI is InChI=1S/C16H21BrN2S/c1-11(2)18-9-14(8-16-10-19-12(3)20-16)13-5-4-6-15(17)7-13/h4-7,10-11,14,18H,8-9H2,1-3H3. The molecule has 0 radical (unpaired) electrons. The summed E-state index contributed by atoms with van der Waals surface area (Å²) < 4.78 is 1.14. The van der Waals surface area contributed by atoms with Gasteiger partial charge in [0.05, 0.1) is 5.01 Å². The number of aromatic nitrogens is 1. The van der Waals surface area contributed by atoms with Crippen molar-refractivity contribution in [2.75, 3.05) is 6.54 Å². The highest BCUT2D eigenvalue weighted by Gasteiger charge is 2.14. The maximum absolute atomic E-state index is 4.36. The van der Waals surface area contributed by atoms with E-state index in [2.05, 4.69) is 71.3 Å². The van der Waals surface area contributed by atoms with Crippen LogP contribution in [0.5, 0.6) is 0 Å². The molecule has 2 rings (SSSR count). The van der Waals surface area contributed by atoms with Gasteiger partial charge in [0.15, 0.2) is 0 Å². The molecule has 2 nitrogen and oxygen atoms in total. The zero-order valence-electron chi connectivity index (χ0n) is 12.2. The highest BCUT2D eigenvalue weighted by molar-refractivity contribution is 9.10. The van der Waals surface area contributed by atoms with Crippen molar-refractivity contribution in [1.82, 2.24) is 10.3 Å². The Labute approximate surface area is 133 Å². The van der Waals surface area contributed by atoms with Crippen LogP contribution in [0, 0.1) is 6.92 Å². The lowest BCUT2D eigenvalue weighted by Gasteiger charge is -2.19. The first-order valence-electron chi connectivity index (χ1n) is 6.94. The van der Waals surface area contributed by atoms with Gasteiger partial charge in [0.25, 0.3) is 0 Å². The molecule has 1 atom stereocenters. The Balaban J connectivity index is 2.15. The number of thiazole rings is 1. The number of halogens is 1. The molecule has 0 amide bonds. The van der Waals surface area contributed by atoms with Crippen LogP contribution in [0.2, 0.25) is 0 Å².